The molecule has 0 spiro atoms. The van der Waals surface area contributed by atoms with Crippen molar-refractivity contribution in [3.05, 3.63) is 0 Å². The largest absolute Gasteiger partial charge is 0.466 e. The average molecular weight is 254 g/mol. The molecule has 3 atom stereocenters. The number of carbonyl (C=O) groups excluding carboxylic acids is 2. The van der Waals surface area contributed by atoms with Gasteiger partial charge in [-0.05, 0) is 13.8 Å². The van der Waals surface area contributed by atoms with Crippen LogP contribution in [-0.2, 0) is 19.1 Å². The van der Waals surface area contributed by atoms with E-state index in [0.29, 0.717) is 0 Å². The van der Waals surface area contributed by atoms with Crippen LogP contribution in [0.1, 0.15) is 13.8 Å². The van der Waals surface area contributed by atoms with E-state index in [1.807, 2.05) is 0 Å². The molecule has 0 saturated heterocycles. The van der Waals surface area contributed by atoms with Gasteiger partial charge >= 0.3 is 18.1 Å². The highest BCUT2D eigenvalue weighted by molar-refractivity contribution is 5.88. The van der Waals surface area contributed by atoms with Crippen molar-refractivity contribution in [1.82, 2.24) is 0 Å². The van der Waals surface area contributed by atoms with Gasteiger partial charge in [-0.2, -0.15) is 13.2 Å². The maximum Gasteiger partial charge on any atom is 0.393 e. The highest BCUT2D eigenvalue weighted by atomic mass is 19.4. The number of halogens is 3. The molecule has 1 saturated carbocycles. The molecule has 1 rings (SSSR count). The molecule has 0 aromatic carbocycles. The Morgan fingerprint density at radius 1 is 1.00 bits per heavy atom. The van der Waals surface area contributed by atoms with Gasteiger partial charge in [0.1, 0.15) is 0 Å². The van der Waals surface area contributed by atoms with Gasteiger partial charge in [-0.15, -0.1) is 0 Å². The minimum atomic E-state index is -4.59. The fourth-order valence-corrected chi connectivity index (χ4v) is 1.78. The van der Waals surface area contributed by atoms with E-state index in [4.69, 9.17) is 0 Å². The van der Waals surface area contributed by atoms with Crippen LogP contribution in [0.15, 0.2) is 0 Å². The first-order valence-corrected chi connectivity index (χ1v) is 5.24. The van der Waals surface area contributed by atoms with Crippen molar-refractivity contribution in [1.29, 1.82) is 0 Å². The van der Waals surface area contributed by atoms with E-state index in [0.717, 1.165) is 0 Å². The number of carbonyl (C=O) groups is 2. The van der Waals surface area contributed by atoms with Crippen molar-refractivity contribution in [2.75, 3.05) is 13.2 Å². The molecule has 0 N–H and O–H groups in total. The summed E-state index contributed by atoms with van der Waals surface area (Å²) < 4.78 is 46.6. The molecule has 1 fully saturated rings. The van der Waals surface area contributed by atoms with Gasteiger partial charge in [-0.3, -0.25) is 9.59 Å². The molecular formula is C10H13F3O4. The maximum atomic E-state index is 12.5. The van der Waals surface area contributed by atoms with Crippen LogP contribution < -0.4 is 0 Å². The van der Waals surface area contributed by atoms with Gasteiger partial charge in [0, 0.05) is 0 Å². The number of hydrogen-bond donors (Lipinski definition) is 0. The lowest BCUT2D eigenvalue weighted by Crippen LogP contribution is -2.17. The van der Waals surface area contributed by atoms with Crippen molar-refractivity contribution in [2.24, 2.45) is 17.8 Å². The van der Waals surface area contributed by atoms with Crippen molar-refractivity contribution in [3.8, 4) is 0 Å². The quantitative estimate of drug-likeness (QED) is 0.714. The van der Waals surface area contributed by atoms with Crippen LogP contribution in [0.2, 0.25) is 0 Å². The summed E-state index contributed by atoms with van der Waals surface area (Å²) in [5, 5.41) is 0. The lowest BCUT2D eigenvalue weighted by Gasteiger charge is -2.04. The van der Waals surface area contributed by atoms with E-state index in [1.165, 1.54) is 13.8 Å². The molecule has 0 amide bonds. The van der Waals surface area contributed by atoms with Crippen molar-refractivity contribution in [3.63, 3.8) is 0 Å². The Bertz CT molecular complexity index is 289. The van der Waals surface area contributed by atoms with Gasteiger partial charge in [0.05, 0.1) is 31.0 Å². The third-order valence-corrected chi connectivity index (χ3v) is 2.52. The first-order valence-electron chi connectivity index (χ1n) is 5.24. The minimum Gasteiger partial charge on any atom is -0.466 e. The Balaban J connectivity index is 2.75. The normalized spacial score (nSPS) is 27.5. The van der Waals surface area contributed by atoms with Crippen molar-refractivity contribution >= 4 is 11.9 Å². The molecular weight excluding hydrogens is 241 g/mol. The SMILES string of the molecule is CCOC(=O)[C@@H]1C(C(F)(F)F)[C@@H]1C(=O)OCC. The minimum absolute atomic E-state index is 0.0184. The summed E-state index contributed by atoms with van der Waals surface area (Å²) in [6, 6.07) is 0. The van der Waals surface area contributed by atoms with Crippen LogP contribution in [-0.4, -0.2) is 31.3 Å². The van der Waals surface area contributed by atoms with Gasteiger partial charge in [0.2, 0.25) is 0 Å². The number of esters is 2. The molecule has 98 valence electrons. The van der Waals surface area contributed by atoms with E-state index in [2.05, 4.69) is 9.47 Å². The van der Waals surface area contributed by atoms with Gasteiger partial charge in [-0.25, -0.2) is 0 Å². The molecule has 0 heterocycles. The highest BCUT2D eigenvalue weighted by Crippen LogP contribution is 2.56. The summed E-state index contributed by atoms with van der Waals surface area (Å²) in [4.78, 5) is 22.5. The molecule has 0 aliphatic heterocycles. The Labute approximate surface area is 96.1 Å². The summed E-state index contributed by atoms with van der Waals surface area (Å²) in [5.41, 5.74) is 0. The van der Waals surface area contributed by atoms with E-state index in [-0.39, 0.29) is 13.2 Å². The second kappa shape index (κ2) is 4.93. The van der Waals surface area contributed by atoms with Crippen LogP contribution in [0.4, 0.5) is 13.2 Å². The van der Waals surface area contributed by atoms with Crippen LogP contribution in [0, 0.1) is 17.8 Å². The molecule has 1 aliphatic carbocycles. The molecule has 0 aromatic rings. The summed E-state index contributed by atoms with van der Waals surface area (Å²) in [6.45, 7) is 2.94. The predicted molar refractivity (Wildman–Crippen MR) is 49.8 cm³/mol. The third kappa shape index (κ3) is 2.89. The molecule has 0 bridgehead atoms. The third-order valence-electron chi connectivity index (χ3n) is 2.52. The topological polar surface area (TPSA) is 52.6 Å². The van der Waals surface area contributed by atoms with Crippen LogP contribution in [0.3, 0.4) is 0 Å². The molecule has 7 heteroatoms. The van der Waals surface area contributed by atoms with Crippen LogP contribution in [0.5, 0.6) is 0 Å². The molecule has 17 heavy (non-hydrogen) atoms. The Hall–Kier alpha value is -1.27. The van der Waals surface area contributed by atoms with Crippen LogP contribution >= 0.6 is 0 Å². The standard InChI is InChI=1S/C10H13F3O4/c1-3-16-8(14)5-6(9(15)17-4-2)7(5)10(11,12)13/h5-7H,3-4H2,1-2H3/t5-,6+,7?. The lowest BCUT2D eigenvalue weighted by atomic mass is 10.3. The number of ether oxygens (including phenoxy) is 2. The molecule has 0 radical (unpaired) electrons. The van der Waals surface area contributed by atoms with Gasteiger partial charge in [0.25, 0.3) is 0 Å². The lowest BCUT2D eigenvalue weighted by molar-refractivity contribution is -0.166. The fraction of sp³-hybridized carbons (Fsp3) is 0.800. The zero-order valence-corrected chi connectivity index (χ0v) is 9.41. The van der Waals surface area contributed by atoms with Crippen molar-refractivity contribution < 1.29 is 32.2 Å². The first kappa shape index (κ1) is 13.8. The zero-order chi connectivity index (χ0) is 13.2. The van der Waals surface area contributed by atoms with Crippen molar-refractivity contribution in [2.45, 2.75) is 20.0 Å². The van der Waals surface area contributed by atoms with E-state index in [9.17, 15) is 22.8 Å². The summed E-state index contributed by atoms with van der Waals surface area (Å²) in [5.74, 6) is -6.86. The number of alkyl halides is 3. The summed E-state index contributed by atoms with van der Waals surface area (Å²) >= 11 is 0. The fourth-order valence-electron chi connectivity index (χ4n) is 1.78. The smallest absolute Gasteiger partial charge is 0.393 e. The second-order valence-electron chi connectivity index (χ2n) is 3.62. The summed E-state index contributed by atoms with van der Waals surface area (Å²) in [7, 11) is 0. The first-order chi connectivity index (χ1) is 7.84. The van der Waals surface area contributed by atoms with Crippen LogP contribution in [0.25, 0.3) is 0 Å². The summed E-state index contributed by atoms with van der Waals surface area (Å²) in [6.07, 6.45) is -4.59. The van der Waals surface area contributed by atoms with Gasteiger partial charge < -0.3 is 9.47 Å². The predicted octanol–water partition coefficient (Wildman–Crippen LogP) is 1.54. The number of hydrogen-bond acceptors (Lipinski definition) is 4. The maximum absolute atomic E-state index is 12.5. The molecule has 1 aliphatic rings. The monoisotopic (exact) mass is 254 g/mol. The number of rotatable bonds is 4. The Morgan fingerprint density at radius 3 is 1.59 bits per heavy atom. The second-order valence-corrected chi connectivity index (χ2v) is 3.62. The Morgan fingerprint density at radius 2 is 1.35 bits per heavy atom. The molecule has 1 unspecified atom stereocenters. The zero-order valence-electron chi connectivity index (χ0n) is 9.41. The van der Waals surface area contributed by atoms with Gasteiger partial charge in [0.15, 0.2) is 0 Å². The van der Waals surface area contributed by atoms with Gasteiger partial charge in [-0.1, -0.05) is 0 Å². The Kier molecular flexibility index (Phi) is 4.00. The average Bonchev–Trinajstić information content (AvgIpc) is 2.92. The van der Waals surface area contributed by atoms with E-state index >= 15 is 0 Å². The highest BCUT2D eigenvalue weighted by Gasteiger charge is 2.71. The molecule has 4 nitrogen and oxygen atoms in total. The van der Waals surface area contributed by atoms with E-state index < -0.39 is 35.9 Å². The molecule has 0 aromatic heterocycles. The van der Waals surface area contributed by atoms with E-state index in [1.54, 1.807) is 0 Å².